The summed E-state index contributed by atoms with van der Waals surface area (Å²) >= 11 is 1.02. The third-order valence-corrected chi connectivity index (χ3v) is 3.97. The van der Waals surface area contributed by atoms with Crippen LogP contribution in [0.3, 0.4) is 0 Å². The van der Waals surface area contributed by atoms with E-state index in [1.807, 2.05) is 12.7 Å². The maximum atomic E-state index is 7.09. The zero-order valence-corrected chi connectivity index (χ0v) is 14.9. The third-order valence-electron chi connectivity index (χ3n) is 2.99. The number of allylic oxidation sites excluding steroid dienone is 1. The van der Waals surface area contributed by atoms with E-state index in [9.17, 15) is 0 Å². The summed E-state index contributed by atoms with van der Waals surface area (Å²) in [6, 6.07) is 0. The number of methoxy groups -OCH3 is 1. The molecule has 3 radical (unpaired) electrons. The Kier molecular flexibility index (Phi) is 13.1. The molecule has 0 amide bonds. The normalized spacial score (nSPS) is 17.6. The minimum absolute atomic E-state index is 0.00435. The Balaban J connectivity index is 4.51. The van der Waals surface area contributed by atoms with Crippen molar-refractivity contribution in [1.82, 2.24) is 0 Å². The van der Waals surface area contributed by atoms with E-state index in [1.54, 1.807) is 7.11 Å². The molecule has 0 N–H and O–H groups in total. The summed E-state index contributed by atoms with van der Waals surface area (Å²) in [6.07, 6.45) is 4.08. The highest BCUT2D eigenvalue weighted by molar-refractivity contribution is 8.15. The molecule has 0 aromatic carbocycles. The largest absolute Gasteiger partial charge is 0.371 e. The van der Waals surface area contributed by atoms with Gasteiger partial charge in [-0.25, -0.2) is 0 Å². The van der Waals surface area contributed by atoms with E-state index in [4.69, 9.17) is 27.1 Å². The molecule has 0 aromatic rings. The van der Waals surface area contributed by atoms with Crippen molar-refractivity contribution >= 4 is 34.6 Å². The van der Waals surface area contributed by atoms with Gasteiger partial charge in [-0.1, -0.05) is 24.9 Å². The number of hydrogen-bond acceptors (Lipinski definition) is 5. The number of ether oxygens (including phenoxy) is 2. The van der Waals surface area contributed by atoms with E-state index in [1.165, 1.54) is 7.09 Å². The minimum Gasteiger partial charge on any atom is -0.371 e. The number of hydrogen-bond donors (Lipinski definition) is 0. The molecule has 0 aliphatic carbocycles. The minimum atomic E-state index is -0.864. The molecule has 8 heteroatoms. The van der Waals surface area contributed by atoms with Gasteiger partial charge < -0.3 is 18.2 Å². The second-order valence-electron chi connectivity index (χ2n) is 4.83. The Morgan fingerprint density at radius 2 is 2.33 bits per heavy atom. The topological polar surface area (TPSA) is 36.9 Å². The Morgan fingerprint density at radius 3 is 2.90 bits per heavy atom. The monoisotopic (exact) mass is 333 g/mol. The lowest BCUT2D eigenvalue weighted by atomic mass is 9.95. The van der Waals surface area contributed by atoms with Gasteiger partial charge in [-0.3, -0.25) is 0 Å². The summed E-state index contributed by atoms with van der Waals surface area (Å²) in [5.74, 6) is 0.308. The van der Waals surface area contributed by atoms with Gasteiger partial charge in [-0.05, 0) is 34.8 Å². The van der Waals surface area contributed by atoms with Crippen LogP contribution in [0.5, 0.6) is 0 Å². The fraction of sp³-hybridized carbons (Fsp3) is 0.846. The molecule has 0 spiro atoms. The van der Waals surface area contributed by atoms with Gasteiger partial charge in [0.1, 0.15) is 14.4 Å². The molecule has 0 aliphatic heterocycles. The first-order valence-corrected chi connectivity index (χ1v) is 9.48. The third kappa shape index (κ3) is 11.7. The van der Waals surface area contributed by atoms with Crippen LogP contribution in [0.1, 0.15) is 26.2 Å². The molecule has 0 bridgehead atoms. The Morgan fingerprint density at radius 1 is 1.57 bits per heavy atom. The predicted molar refractivity (Wildman–Crippen MR) is 94.1 cm³/mol. The fourth-order valence-corrected chi connectivity index (χ4v) is 2.63. The van der Waals surface area contributed by atoms with Crippen molar-refractivity contribution < 1.29 is 18.2 Å². The zero-order valence-electron chi connectivity index (χ0n) is 14.2. The molecule has 4 nitrogen and oxygen atoms in total. The molecule has 0 saturated heterocycles. The van der Waals surface area contributed by atoms with Gasteiger partial charge in [-0.15, -0.1) is 6.58 Å². The van der Waals surface area contributed by atoms with E-state index in [0.29, 0.717) is 25.4 Å². The molecule has 1 unspecified atom stereocenters. The standard InChI is InChI=1S/C13H26B2O4PS/c1-5-6-11(2)13(17-10-16-3)9-12(19-21-15)7-8-18-20(4)14/h5,11-13,15H,1,6-10H2,2-4H3/t11-,12+,13+,20?/m0/s1/i15T. The van der Waals surface area contributed by atoms with Crippen LogP contribution < -0.4 is 0 Å². The highest BCUT2D eigenvalue weighted by atomic mass is 32.2. The van der Waals surface area contributed by atoms with E-state index in [0.717, 1.165) is 18.3 Å². The van der Waals surface area contributed by atoms with Gasteiger partial charge in [0.05, 0.1) is 18.8 Å². The summed E-state index contributed by atoms with van der Waals surface area (Å²) in [6.45, 7) is 8.53. The van der Waals surface area contributed by atoms with Crippen molar-refractivity contribution in [1.29, 1.82) is 1.34 Å². The summed E-state index contributed by atoms with van der Waals surface area (Å²) in [5.41, 5.74) is 0. The molecule has 4 atom stereocenters. The van der Waals surface area contributed by atoms with Gasteiger partial charge in [0.2, 0.25) is 7.09 Å². The van der Waals surface area contributed by atoms with E-state index < -0.39 is 8.03 Å². The van der Waals surface area contributed by atoms with E-state index >= 15 is 0 Å². The lowest BCUT2D eigenvalue weighted by Gasteiger charge is -2.27. The molecule has 0 aromatic heterocycles. The predicted octanol–water partition coefficient (Wildman–Crippen LogP) is 2.94. The zero-order chi connectivity index (χ0) is 16.8. The summed E-state index contributed by atoms with van der Waals surface area (Å²) in [4.78, 5) is 0. The fourth-order valence-electron chi connectivity index (χ4n) is 1.91. The first-order chi connectivity index (χ1) is 10.5. The highest BCUT2D eigenvalue weighted by Gasteiger charge is 2.23. The van der Waals surface area contributed by atoms with Crippen molar-refractivity contribution in [3.05, 3.63) is 12.7 Å². The molecule has 0 fully saturated rings. The molecular weight excluding hydrogens is 305 g/mol. The molecule has 0 heterocycles. The lowest BCUT2D eigenvalue weighted by molar-refractivity contribution is -0.0994. The van der Waals surface area contributed by atoms with Crippen LogP contribution in [0.25, 0.3) is 0 Å². The van der Waals surface area contributed by atoms with Crippen LogP contribution in [-0.4, -0.2) is 55.4 Å². The molecule has 0 aliphatic rings. The molecular formula is C13H26B2O4PS. The van der Waals surface area contributed by atoms with E-state index in [-0.39, 0.29) is 19.0 Å². The van der Waals surface area contributed by atoms with Crippen LogP contribution in [0.2, 0.25) is 0 Å². The Labute approximate surface area is 138 Å². The van der Waals surface area contributed by atoms with Crippen LogP contribution in [0, 0.1) is 5.92 Å². The SMILES string of the molecule is [3H][B]SO[C@H](CCOP([B])C)C[C@@H](OCOC)[C@@H](C)CC=C. The van der Waals surface area contributed by atoms with Crippen molar-refractivity contribution in [2.24, 2.45) is 5.92 Å². The quantitative estimate of drug-likeness (QED) is 0.151. The number of rotatable bonds is 15. The van der Waals surface area contributed by atoms with Gasteiger partial charge >= 0.3 is 0 Å². The molecule has 119 valence electrons. The summed E-state index contributed by atoms with van der Waals surface area (Å²) in [7, 11) is 7.55. The van der Waals surface area contributed by atoms with Crippen LogP contribution in [-0.2, 0) is 18.2 Å². The molecule has 21 heavy (non-hydrogen) atoms. The van der Waals surface area contributed by atoms with Gasteiger partial charge in [0.25, 0.3) is 0 Å². The van der Waals surface area contributed by atoms with Crippen molar-refractivity contribution in [2.45, 2.75) is 38.4 Å². The Bertz CT molecular complexity index is 280. The smallest absolute Gasteiger partial charge is 0.209 e. The van der Waals surface area contributed by atoms with Gasteiger partial charge in [-0.2, -0.15) is 0 Å². The van der Waals surface area contributed by atoms with Crippen LogP contribution in [0.4, 0.5) is 0 Å². The second-order valence-corrected chi connectivity index (χ2v) is 6.57. The lowest BCUT2D eigenvalue weighted by Crippen LogP contribution is -2.29. The molecule has 0 rings (SSSR count). The first-order valence-electron chi connectivity index (χ1n) is 7.47. The van der Waals surface area contributed by atoms with Crippen molar-refractivity contribution in [3.8, 4) is 0 Å². The first kappa shape index (κ1) is 19.5. The average Bonchev–Trinajstić information content (AvgIpc) is 2.48. The van der Waals surface area contributed by atoms with Gasteiger partial charge in [0.15, 0.2) is 0 Å². The maximum absolute atomic E-state index is 7.09. The van der Waals surface area contributed by atoms with Crippen molar-refractivity contribution in [2.75, 3.05) is 27.2 Å². The van der Waals surface area contributed by atoms with Crippen LogP contribution >= 0.6 is 19.9 Å². The summed E-state index contributed by atoms with van der Waals surface area (Å²) < 4.78 is 28.9. The Hall–Kier alpha value is 0.490. The van der Waals surface area contributed by atoms with Crippen LogP contribution in [0.15, 0.2) is 12.7 Å². The maximum Gasteiger partial charge on any atom is 0.209 e. The van der Waals surface area contributed by atoms with Gasteiger partial charge in [0, 0.05) is 13.5 Å². The second kappa shape index (κ2) is 14.1. The average molecular weight is 333 g/mol. The molecule has 0 saturated carbocycles. The highest BCUT2D eigenvalue weighted by Crippen LogP contribution is 2.27. The van der Waals surface area contributed by atoms with Crippen molar-refractivity contribution in [3.63, 3.8) is 0 Å². The summed E-state index contributed by atoms with van der Waals surface area (Å²) in [5, 5.41) is 0. The van der Waals surface area contributed by atoms with E-state index in [2.05, 4.69) is 13.5 Å².